The second-order valence-corrected chi connectivity index (χ2v) is 14.4. The number of nitrogens with zero attached hydrogens (tertiary/aromatic N) is 6. The first kappa shape index (κ1) is 33.4. The number of urea groups is 1. The van der Waals surface area contributed by atoms with Crippen LogP contribution in [0, 0.1) is 20.2 Å². The van der Waals surface area contributed by atoms with Gasteiger partial charge >= 0.3 is 6.03 Å². The molecule has 4 aromatic heterocycles. The average Bonchev–Trinajstić information content (AvgIpc) is 3.78. The quantitative estimate of drug-likeness (QED) is 0.0603. The summed E-state index contributed by atoms with van der Waals surface area (Å²) in [5.41, 5.74) is 0.00405. The number of carbonyl (C=O) groups is 2. The van der Waals surface area contributed by atoms with E-state index in [2.05, 4.69) is 41.2 Å². The van der Waals surface area contributed by atoms with Crippen LogP contribution in [0.25, 0.3) is 41.3 Å². The van der Waals surface area contributed by atoms with Crippen LogP contribution in [0.4, 0.5) is 28.1 Å². The zero-order valence-electron chi connectivity index (χ0n) is 26.9. The molecular weight excluding hydrogens is 697 g/mol. The standard InChI is InChI=1S/C33H28N10O6S2/c1-17(36-30-34-9-7-23(38-30)27-13-19-11-21(42(46)47)3-5-25(19)50-27)15-33(29(44)40-32(45)41-33)16-18(2)37-31-35-10-8-24(39-31)28-14-20-12-22(43(48)49)4-6-26(20)51-28/h3-14,17-18H,15-16H2,1-2H3,(H,34,36,38)(H,35,37,39)(H2,40,41,44,45). The Hall–Kier alpha value is -6.14. The Balaban J connectivity index is 1.05. The molecule has 1 aliphatic rings. The van der Waals surface area contributed by atoms with E-state index in [1.54, 1.807) is 36.7 Å². The Morgan fingerprint density at radius 2 is 1.22 bits per heavy atom. The van der Waals surface area contributed by atoms with Crippen molar-refractivity contribution in [3.63, 3.8) is 0 Å². The summed E-state index contributed by atoms with van der Waals surface area (Å²) in [6.07, 6.45) is 3.61. The minimum absolute atomic E-state index is 0.0111. The topological polar surface area (TPSA) is 220 Å². The van der Waals surface area contributed by atoms with Gasteiger partial charge in [0.05, 0.1) is 31.0 Å². The number of carbonyl (C=O) groups excluding carboxylic acids is 2. The van der Waals surface area contributed by atoms with Crippen LogP contribution >= 0.6 is 22.7 Å². The summed E-state index contributed by atoms with van der Waals surface area (Å²) in [6.45, 7) is 3.72. The summed E-state index contributed by atoms with van der Waals surface area (Å²) < 4.78 is 1.77. The van der Waals surface area contributed by atoms with Crippen molar-refractivity contribution in [1.82, 2.24) is 30.6 Å². The van der Waals surface area contributed by atoms with Crippen molar-refractivity contribution in [2.75, 3.05) is 10.6 Å². The monoisotopic (exact) mass is 724 g/mol. The van der Waals surface area contributed by atoms with E-state index in [0.717, 1.165) is 29.9 Å². The molecule has 0 bridgehead atoms. The van der Waals surface area contributed by atoms with Gasteiger partial charge in [0, 0.05) is 58.1 Å². The van der Waals surface area contributed by atoms with Gasteiger partial charge in [-0.3, -0.25) is 30.3 Å². The molecule has 6 aromatic rings. The smallest absolute Gasteiger partial charge is 0.322 e. The highest BCUT2D eigenvalue weighted by molar-refractivity contribution is 7.22. The van der Waals surface area contributed by atoms with E-state index in [9.17, 15) is 29.8 Å². The fourth-order valence-corrected chi connectivity index (χ4v) is 8.18. The number of fused-ring (bicyclic) bond motifs is 2. The van der Waals surface area contributed by atoms with E-state index in [-0.39, 0.29) is 36.3 Å². The summed E-state index contributed by atoms with van der Waals surface area (Å²) in [4.78, 5) is 66.9. The molecule has 258 valence electrons. The first-order chi connectivity index (χ1) is 24.4. The number of nitrogens with one attached hydrogen (secondary N) is 4. The van der Waals surface area contributed by atoms with Crippen LogP contribution in [0.2, 0.25) is 0 Å². The number of thiophene rings is 2. The minimum Gasteiger partial charge on any atom is -0.352 e. The molecule has 0 aliphatic carbocycles. The van der Waals surface area contributed by atoms with Crippen molar-refractivity contribution in [1.29, 1.82) is 0 Å². The zero-order valence-corrected chi connectivity index (χ0v) is 28.6. The summed E-state index contributed by atoms with van der Waals surface area (Å²) in [5.74, 6) is 0.170. The fourth-order valence-electron chi connectivity index (χ4n) is 6.16. The summed E-state index contributed by atoms with van der Waals surface area (Å²) >= 11 is 2.91. The lowest BCUT2D eigenvalue weighted by molar-refractivity contribution is -0.384. The van der Waals surface area contributed by atoms with Crippen molar-refractivity contribution in [2.24, 2.45) is 0 Å². The summed E-state index contributed by atoms with van der Waals surface area (Å²) in [5, 5.41) is 35.6. The molecule has 0 spiro atoms. The van der Waals surface area contributed by atoms with Gasteiger partial charge in [0.1, 0.15) is 5.54 Å². The first-order valence-electron chi connectivity index (χ1n) is 15.6. The van der Waals surface area contributed by atoms with Crippen molar-refractivity contribution >= 4 is 78.1 Å². The second kappa shape index (κ2) is 13.3. The molecule has 2 aromatic carbocycles. The number of amides is 3. The maximum absolute atomic E-state index is 13.3. The SMILES string of the molecule is CC(CC1(CC(C)Nc2nccc(-c3cc4cc([N+](=O)[O-])ccc4s3)n2)NC(=O)NC1=O)Nc1nccc(-c2cc3cc([N+](=O)[O-])ccc3s2)n1. The van der Waals surface area contributed by atoms with Crippen LogP contribution < -0.4 is 21.3 Å². The predicted octanol–water partition coefficient (Wildman–Crippen LogP) is 6.51. The largest absolute Gasteiger partial charge is 0.352 e. The van der Waals surface area contributed by atoms with Gasteiger partial charge in [0.15, 0.2) is 0 Å². The molecule has 16 nitrogen and oxygen atoms in total. The molecule has 3 amide bonds. The number of non-ortho nitro benzene ring substituents is 2. The van der Waals surface area contributed by atoms with Gasteiger partial charge in [-0.2, -0.15) is 0 Å². The average molecular weight is 725 g/mol. The van der Waals surface area contributed by atoms with Crippen LogP contribution in [-0.2, 0) is 4.79 Å². The van der Waals surface area contributed by atoms with Crippen LogP contribution in [0.15, 0.2) is 73.1 Å². The Labute approximate surface area is 296 Å². The van der Waals surface area contributed by atoms with E-state index in [1.165, 1.54) is 46.9 Å². The van der Waals surface area contributed by atoms with Crippen LogP contribution in [0.1, 0.15) is 26.7 Å². The summed E-state index contributed by atoms with van der Waals surface area (Å²) in [7, 11) is 0. The number of anilines is 2. The van der Waals surface area contributed by atoms with Crippen molar-refractivity contribution < 1.29 is 19.4 Å². The van der Waals surface area contributed by atoms with Crippen LogP contribution in [0.5, 0.6) is 0 Å². The number of hydrogen-bond acceptors (Lipinski definition) is 14. The highest BCUT2D eigenvalue weighted by Gasteiger charge is 2.47. The molecular formula is C33H28N10O6S2. The number of imide groups is 1. The van der Waals surface area contributed by atoms with Crippen LogP contribution in [0.3, 0.4) is 0 Å². The van der Waals surface area contributed by atoms with E-state index >= 15 is 0 Å². The normalized spacial score (nSPS) is 16.8. The molecule has 2 unspecified atom stereocenters. The van der Waals surface area contributed by atoms with E-state index in [0.29, 0.717) is 23.3 Å². The van der Waals surface area contributed by atoms with Gasteiger partial charge < -0.3 is 16.0 Å². The van der Waals surface area contributed by atoms with Gasteiger partial charge in [-0.15, -0.1) is 22.7 Å². The number of aromatic nitrogens is 4. The van der Waals surface area contributed by atoms with Gasteiger partial charge in [-0.1, -0.05) is 0 Å². The molecule has 0 radical (unpaired) electrons. The Morgan fingerprint density at radius 3 is 1.63 bits per heavy atom. The fraction of sp³-hybridized carbons (Fsp3) is 0.212. The molecule has 18 heteroatoms. The van der Waals surface area contributed by atoms with E-state index < -0.39 is 27.3 Å². The maximum atomic E-state index is 13.3. The van der Waals surface area contributed by atoms with Crippen molar-refractivity contribution in [3.05, 3.63) is 93.3 Å². The molecule has 0 saturated carbocycles. The molecule has 5 heterocycles. The lowest BCUT2D eigenvalue weighted by Crippen LogP contribution is -2.52. The number of benzene rings is 2. The number of rotatable bonds is 12. The maximum Gasteiger partial charge on any atom is 0.322 e. The Kier molecular flexibility index (Phi) is 8.69. The number of nitro benzene ring substituents is 2. The lowest BCUT2D eigenvalue weighted by atomic mass is 9.85. The molecule has 2 atom stereocenters. The zero-order chi connectivity index (χ0) is 35.9. The molecule has 7 rings (SSSR count). The Bertz CT molecular complexity index is 2220. The number of hydrogen-bond donors (Lipinski definition) is 4. The molecule has 4 N–H and O–H groups in total. The highest BCUT2D eigenvalue weighted by atomic mass is 32.1. The molecule has 51 heavy (non-hydrogen) atoms. The number of nitro groups is 2. The molecule has 1 fully saturated rings. The van der Waals surface area contributed by atoms with Crippen LogP contribution in [-0.4, -0.2) is 59.3 Å². The van der Waals surface area contributed by atoms with Gasteiger partial charge in [0.2, 0.25) is 11.9 Å². The minimum atomic E-state index is -1.27. The molecule has 1 saturated heterocycles. The third kappa shape index (κ3) is 6.99. The Morgan fingerprint density at radius 1 is 0.745 bits per heavy atom. The first-order valence-corrected chi connectivity index (χ1v) is 17.3. The molecule has 1 aliphatic heterocycles. The predicted molar refractivity (Wildman–Crippen MR) is 194 cm³/mol. The van der Waals surface area contributed by atoms with Gasteiger partial charge in [-0.25, -0.2) is 24.7 Å². The van der Waals surface area contributed by atoms with Crippen molar-refractivity contribution in [2.45, 2.75) is 44.3 Å². The summed E-state index contributed by atoms with van der Waals surface area (Å²) in [6, 6.07) is 15.3. The lowest BCUT2D eigenvalue weighted by Gasteiger charge is -2.32. The van der Waals surface area contributed by atoms with E-state index in [4.69, 9.17) is 0 Å². The van der Waals surface area contributed by atoms with Gasteiger partial charge in [-0.05, 0) is 73.9 Å². The van der Waals surface area contributed by atoms with Crippen molar-refractivity contribution in [3.8, 4) is 21.1 Å². The second-order valence-electron chi connectivity index (χ2n) is 12.2. The third-order valence-electron chi connectivity index (χ3n) is 8.31. The van der Waals surface area contributed by atoms with Gasteiger partial charge in [0.25, 0.3) is 17.3 Å². The third-order valence-corrected chi connectivity index (χ3v) is 10.6. The highest BCUT2D eigenvalue weighted by Crippen LogP contribution is 2.36. The van der Waals surface area contributed by atoms with E-state index in [1.807, 2.05) is 26.0 Å².